The summed E-state index contributed by atoms with van der Waals surface area (Å²) in [6.45, 7) is 3.69. The predicted octanol–water partition coefficient (Wildman–Crippen LogP) is 2.95. The largest absolute Gasteiger partial charge is 0.467 e. The van der Waals surface area contributed by atoms with Gasteiger partial charge in [0.2, 0.25) is 5.91 Å². The molecule has 1 atom stereocenters. The number of rotatable bonds is 6. The van der Waals surface area contributed by atoms with Crippen molar-refractivity contribution in [2.75, 3.05) is 7.11 Å². The molecule has 1 aromatic carbocycles. The van der Waals surface area contributed by atoms with Crippen LogP contribution in [-0.4, -0.2) is 25.0 Å². The van der Waals surface area contributed by atoms with E-state index in [-0.39, 0.29) is 24.7 Å². The molecular formula is C16H20F3NO3. The van der Waals surface area contributed by atoms with Gasteiger partial charge < -0.3 is 10.1 Å². The summed E-state index contributed by atoms with van der Waals surface area (Å²) in [4.78, 5) is 23.6. The van der Waals surface area contributed by atoms with Crippen LogP contribution in [0.4, 0.5) is 13.2 Å². The molecule has 1 amide bonds. The zero-order chi connectivity index (χ0) is 17.6. The summed E-state index contributed by atoms with van der Waals surface area (Å²) in [5.74, 6) is -0.941. The second-order valence-electron chi connectivity index (χ2n) is 5.64. The Morgan fingerprint density at radius 1 is 1.26 bits per heavy atom. The van der Waals surface area contributed by atoms with Gasteiger partial charge in [0, 0.05) is 12.8 Å². The number of hydrogen-bond acceptors (Lipinski definition) is 3. The van der Waals surface area contributed by atoms with Gasteiger partial charge in [-0.1, -0.05) is 32.0 Å². The van der Waals surface area contributed by atoms with Crippen molar-refractivity contribution in [3.05, 3.63) is 35.4 Å². The van der Waals surface area contributed by atoms with Crippen LogP contribution in [0.2, 0.25) is 0 Å². The molecule has 0 aliphatic carbocycles. The van der Waals surface area contributed by atoms with Crippen molar-refractivity contribution in [3.63, 3.8) is 0 Å². The van der Waals surface area contributed by atoms with E-state index in [4.69, 9.17) is 0 Å². The van der Waals surface area contributed by atoms with Gasteiger partial charge in [-0.2, -0.15) is 13.2 Å². The third-order valence-electron chi connectivity index (χ3n) is 3.11. The Labute approximate surface area is 133 Å². The summed E-state index contributed by atoms with van der Waals surface area (Å²) in [5.41, 5.74) is -0.507. The van der Waals surface area contributed by atoms with Crippen molar-refractivity contribution in [1.82, 2.24) is 5.32 Å². The molecule has 0 unspecified atom stereocenters. The Morgan fingerprint density at radius 3 is 2.43 bits per heavy atom. The molecule has 128 valence electrons. The van der Waals surface area contributed by atoms with Gasteiger partial charge in [-0.3, -0.25) is 4.79 Å². The van der Waals surface area contributed by atoms with Gasteiger partial charge in [0.1, 0.15) is 6.04 Å². The molecule has 0 aliphatic rings. The van der Waals surface area contributed by atoms with Crippen LogP contribution >= 0.6 is 0 Å². The van der Waals surface area contributed by atoms with E-state index < -0.39 is 23.8 Å². The maximum atomic E-state index is 12.7. The monoisotopic (exact) mass is 331 g/mol. The normalized spacial score (nSPS) is 12.8. The predicted molar refractivity (Wildman–Crippen MR) is 78.5 cm³/mol. The third-order valence-corrected chi connectivity index (χ3v) is 3.11. The smallest absolute Gasteiger partial charge is 0.416 e. The van der Waals surface area contributed by atoms with Crippen LogP contribution in [0.25, 0.3) is 0 Å². The first-order valence-corrected chi connectivity index (χ1v) is 7.16. The zero-order valence-electron chi connectivity index (χ0n) is 13.2. The number of carbonyl (C=O) groups excluding carboxylic acids is 2. The van der Waals surface area contributed by atoms with Gasteiger partial charge in [0.05, 0.1) is 12.7 Å². The highest BCUT2D eigenvalue weighted by molar-refractivity contribution is 5.84. The Morgan fingerprint density at radius 2 is 1.91 bits per heavy atom. The van der Waals surface area contributed by atoms with Gasteiger partial charge in [0.25, 0.3) is 0 Å². The number of nitrogens with one attached hydrogen (secondary N) is 1. The Hall–Kier alpha value is -2.05. The van der Waals surface area contributed by atoms with Crippen molar-refractivity contribution in [3.8, 4) is 0 Å². The maximum Gasteiger partial charge on any atom is 0.416 e. The van der Waals surface area contributed by atoms with E-state index in [9.17, 15) is 22.8 Å². The van der Waals surface area contributed by atoms with Gasteiger partial charge in [-0.05, 0) is 17.5 Å². The fraction of sp³-hybridized carbons (Fsp3) is 0.500. The van der Waals surface area contributed by atoms with Gasteiger partial charge in [-0.25, -0.2) is 4.79 Å². The molecule has 0 heterocycles. The number of halogens is 3. The van der Waals surface area contributed by atoms with Crippen molar-refractivity contribution in [2.24, 2.45) is 5.92 Å². The summed E-state index contributed by atoms with van der Waals surface area (Å²) in [6.07, 6.45) is -4.31. The molecule has 4 nitrogen and oxygen atoms in total. The first kappa shape index (κ1) is 19.0. The van der Waals surface area contributed by atoms with E-state index in [0.717, 1.165) is 19.2 Å². The van der Waals surface area contributed by atoms with Crippen LogP contribution in [0.1, 0.15) is 31.4 Å². The first-order chi connectivity index (χ1) is 10.6. The lowest BCUT2D eigenvalue weighted by Crippen LogP contribution is -2.43. The van der Waals surface area contributed by atoms with Crippen molar-refractivity contribution in [1.29, 1.82) is 0 Å². The van der Waals surface area contributed by atoms with E-state index in [1.165, 1.54) is 12.1 Å². The molecule has 7 heteroatoms. The standard InChI is InChI=1S/C16H20F3NO3/c1-10(2)7-14(21)20-13(15(22)23-3)9-11-5-4-6-12(8-11)16(17,18)19/h4-6,8,10,13H,7,9H2,1-3H3,(H,20,21)/t13-/m0/s1. The van der Waals surface area contributed by atoms with Crippen LogP contribution in [0.3, 0.4) is 0 Å². The van der Waals surface area contributed by atoms with E-state index in [1.807, 2.05) is 13.8 Å². The van der Waals surface area contributed by atoms with Gasteiger partial charge in [-0.15, -0.1) is 0 Å². The van der Waals surface area contributed by atoms with E-state index in [0.29, 0.717) is 5.56 Å². The quantitative estimate of drug-likeness (QED) is 0.816. The molecule has 0 spiro atoms. The fourth-order valence-electron chi connectivity index (χ4n) is 2.07. The number of ether oxygens (including phenoxy) is 1. The minimum atomic E-state index is -4.46. The highest BCUT2D eigenvalue weighted by Crippen LogP contribution is 2.29. The number of methoxy groups -OCH3 is 1. The molecule has 1 rings (SSSR count). The molecule has 23 heavy (non-hydrogen) atoms. The fourth-order valence-corrected chi connectivity index (χ4v) is 2.07. The number of esters is 1. The van der Waals surface area contributed by atoms with Crippen molar-refractivity contribution >= 4 is 11.9 Å². The SMILES string of the molecule is COC(=O)[C@H](Cc1cccc(C(F)(F)F)c1)NC(=O)CC(C)C. The number of benzene rings is 1. The van der Waals surface area contributed by atoms with Crippen LogP contribution in [-0.2, 0) is 26.9 Å². The molecule has 0 bridgehead atoms. The Balaban J connectivity index is 2.89. The number of alkyl halides is 3. The minimum absolute atomic E-state index is 0.0690. The molecule has 0 radical (unpaired) electrons. The van der Waals surface area contributed by atoms with Crippen LogP contribution in [0, 0.1) is 5.92 Å². The molecule has 0 fully saturated rings. The molecule has 1 aromatic rings. The summed E-state index contributed by atoms with van der Waals surface area (Å²) in [5, 5.41) is 2.51. The lowest BCUT2D eigenvalue weighted by Gasteiger charge is -2.18. The maximum absolute atomic E-state index is 12.7. The van der Waals surface area contributed by atoms with E-state index in [1.54, 1.807) is 0 Å². The Bertz CT molecular complexity index is 556. The molecule has 0 saturated heterocycles. The topological polar surface area (TPSA) is 55.4 Å². The summed E-state index contributed by atoms with van der Waals surface area (Å²) in [6, 6.07) is 3.63. The average Bonchev–Trinajstić information content (AvgIpc) is 2.44. The molecule has 0 saturated carbocycles. The van der Waals surface area contributed by atoms with E-state index in [2.05, 4.69) is 10.1 Å². The lowest BCUT2D eigenvalue weighted by atomic mass is 10.0. The number of carbonyl (C=O) groups is 2. The highest BCUT2D eigenvalue weighted by Gasteiger charge is 2.31. The van der Waals surface area contributed by atoms with Gasteiger partial charge >= 0.3 is 12.1 Å². The van der Waals surface area contributed by atoms with E-state index >= 15 is 0 Å². The lowest BCUT2D eigenvalue weighted by molar-refractivity contribution is -0.145. The van der Waals surface area contributed by atoms with Crippen molar-refractivity contribution in [2.45, 2.75) is 38.9 Å². The van der Waals surface area contributed by atoms with Crippen molar-refractivity contribution < 1.29 is 27.5 Å². The van der Waals surface area contributed by atoms with Crippen LogP contribution in [0.5, 0.6) is 0 Å². The molecule has 0 aliphatic heterocycles. The average molecular weight is 331 g/mol. The molecular weight excluding hydrogens is 311 g/mol. The van der Waals surface area contributed by atoms with Crippen LogP contribution in [0.15, 0.2) is 24.3 Å². The molecule has 0 aromatic heterocycles. The van der Waals surface area contributed by atoms with Crippen LogP contribution < -0.4 is 5.32 Å². The summed E-state index contributed by atoms with van der Waals surface area (Å²) in [7, 11) is 1.16. The second-order valence-corrected chi connectivity index (χ2v) is 5.64. The first-order valence-electron chi connectivity index (χ1n) is 7.16. The number of amides is 1. The third kappa shape index (κ3) is 6.30. The summed E-state index contributed by atoms with van der Waals surface area (Å²) < 4.78 is 42.8. The summed E-state index contributed by atoms with van der Waals surface area (Å²) >= 11 is 0. The second kappa shape index (κ2) is 7.99. The minimum Gasteiger partial charge on any atom is -0.467 e. The highest BCUT2D eigenvalue weighted by atomic mass is 19.4. The zero-order valence-corrected chi connectivity index (χ0v) is 13.2. The molecule has 1 N–H and O–H groups in total. The van der Waals surface area contributed by atoms with Gasteiger partial charge in [0.15, 0.2) is 0 Å². The Kier molecular flexibility index (Phi) is 6.60. The number of hydrogen-bond donors (Lipinski definition) is 1.